The summed E-state index contributed by atoms with van der Waals surface area (Å²) in [6, 6.07) is 8.03. The maximum atomic E-state index is 13.7. The molecule has 0 aromatic heterocycles. The Morgan fingerprint density at radius 2 is 1.90 bits per heavy atom. The van der Waals surface area contributed by atoms with E-state index in [0.29, 0.717) is 25.3 Å². The molecule has 0 aliphatic carbocycles. The molecule has 0 saturated heterocycles. The van der Waals surface area contributed by atoms with E-state index < -0.39 is 25.5 Å². The van der Waals surface area contributed by atoms with Gasteiger partial charge >= 0.3 is 19.5 Å². The average molecular weight is 573 g/mol. The normalized spacial score (nSPS) is 15.4. The molecule has 0 bridgehead atoms. The van der Waals surface area contributed by atoms with E-state index in [1.165, 1.54) is 0 Å². The lowest BCUT2D eigenvalue weighted by Crippen LogP contribution is -2.37. The summed E-state index contributed by atoms with van der Waals surface area (Å²) in [5.41, 5.74) is 4.83. The fourth-order valence-electron chi connectivity index (χ4n) is 4.67. The van der Waals surface area contributed by atoms with Crippen molar-refractivity contribution in [2.45, 2.75) is 73.1 Å². The Hall–Kier alpha value is -3.13. The van der Waals surface area contributed by atoms with Gasteiger partial charge in [0.15, 0.2) is 0 Å². The number of benzene rings is 2. The van der Waals surface area contributed by atoms with Gasteiger partial charge in [-0.1, -0.05) is 36.8 Å². The van der Waals surface area contributed by atoms with Crippen LogP contribution in [0, 0.1) is 6.92 Å². The number of para-hydroxylation sites is 1. The first-order valence-electron chi connectivity index (χ1n) is 13.7. The van der Waals surface area contributed by atoms with Crippen molar-refractivity contribution in [2.24, 2.45) is 0 Å². The van der Waals surface area contributed by atoms with Crippen LogP contribution >= 0.6 is 7.52 Å². The van der Waals surface area contributed by atoms with Gasteiger partial charge in [0.25, 0.3) is 0 Å². The molecule has 218 valence electrons. The number of ether oxygens (including phenoxy) is 2. The van der Waals surface area contributed by atoms with Crippen LogP contribution in [0.4, 0.5) is 0 Å². The SMILES string of the molecule is CCc1c(C)c2c(c(O)c1CC=C(C)CNCCP(=O)(N[C@@H](C)C(=O)OC(C)C)Oc1ccccc1)C(=O)OC2. The fourth-order valence-corrected chi connectivity index (χ4v) is 6.56. The number of rotatable bonds is 14. The van der Waals surface area contributed by atoms with Gasteiger partial charge in [-0.05, 0) is 70.7 Å². The van der Waals surface area contributed by atoms with Gasteiger partial charge in [-0.3, -0.25) is 9.36 Å². The minimum Gasteiger partial charge on any atom is -0.507 e. The molecule has 3 N–H and O–H groups in total. The third-order valence-corrected chi connectivity index (χ3v) is 8.83. The number of allylic oxidation sites excluding steroid dienone is 1. The lowest BCUT2D eigenvalue weighted by molar-refractivity contribution is -0.149. The van der Waals surface area contributed by atoms with Crippen LogP contribution in [-0.4, -0.2) is 48.4 Å². The van der Waals surface area contributed by atoms with E-state index in [1.54, 1.807) is 45.0 Å². The Labute approximate surface area is 236 Å². The lowest BCUT2D eigenvalue weighted by atomic mass is 9.89. The molecule has 2 aromatic rings. The van der Waals surface area contributed by atoms with Crippen LogP contribution in [0.1, 0.15) is 67.2 Å². The molecular formula is C30H41N2O7P. The molecule has 0 radical (unpaired) electrons. The summed E-state index contributed by atoms with van der Waals surface area (Å²) in [6.07, 6.45) is 3.06. The van der Waals surface area contributed by atoms with Crippen LogP contribution in [-0.2, 0) is 38.3 Å². The predicted molar refractivity (Wildman–Crippen MR) is 155 cm³/mol. The Morgan fingerprint density at radius 1 is 1.20 bits per heavy atom. The molecule has 1 aliphatic rings. The van der Waals surface area contributed by atoms with Crippen molar-refractivity contribution in [3.05, 3.63) is 69.8 Å². The van der Waals surface area contributed by atoms with Crippen LogP contribution in [0.15, 0.2) is 42.0 Å². The molecule has 40 heavy (non-hydrogen) atoms. The van der Waals surface area contributed by atoms with E-state index >= 15 is 0 Å². The number of nitrogens with one attached hydrogen (secondary N) is 2. The van der Waals surface area contributed by atoms with Crippen molar-refractivity contribution in [2.75, 3.05) is 19.3 Å². The molecular weight excluding hydrogens is 531 g/mol. The lowest BCUT2D eigenvalue weighted by Gasteiger charge is -2.24. The highest BCUT2D eigenvalue weighted by molar-refractivity contribution is 7.57. The number of hydrogen-bond donors (Lipinski definition) is 3. The van der Waals surface area contributed by atoms with Crippen molar-refractivity contribution in [1.82, 2.24) is 10.4 Å². The molecule has 2 atom stereocenters. The van der Waals surface area contributed by atoms with Crippen LogP contribution in [0.3, 0.4) is 0 Å². The summed E-state index contributed by atoms with van der Waals surface area (Å²) in [7, 11) is -3.46. The second-order valence-corrected chi connectivity index (χ2v) is 12.5. The maximum Gasteiger partial charge on any atom is 0.342 e. The second kappa shape index (κ2) is 14.0. The Morgan fingerprint density at radius 3 is 2.55 bits per heavy atom. The van der Waals surface area contributed by atoms with Gasteiger partial charge < -0.3 is 24.4 Å². The van der Waals surface area contributed by atoms with Crippen molar-refractivity contribution in [1.29, 1.82) is 0 Å². The average Bonchev–Trinajstić information content (AvgIpc) is 3.29. The molecule has 10 heteroatoms. The molecule has 1 unspecified atom stereocenters. The summed E-state index contributed by atoms with van der Waals surface area (Å²) in [5.74, 6) is -0.529. The van der Waals surface area contributed by atoms with E-state index in [1.807, 2.05) is 32.9 Å². The highest BCUT2D eigenvalue weighted by atomic mass is 31.2. The first kappa shape index (κ1) is 31.4. The first-order chi connectivity index (χ1) is 19.0. The third kappa shape index (κ3) is 7.96. The molecule has 1 aliphatic heterocycles. The molecule has 0 saturated carbocycles. The number of phenolic OH excluding ortho intramolecular Hbond substituents is 1. The second-order valence-electron chi connectivity index (χ2n) is 10.3. The largest absolute Gasteiger partial charge is 0.507 e. The van der Waals surface area contributed by atoms with Gasteiger partial charge in [-0.25, -0.2) is 9.88 Å². The van der Waals surface area contributed by atoms with Crippen molar-refractivity contribution in [3.63, 3.8) is 0 Å². The van der Waals surface area contributed by atoms with Gasteiger partial charge in [0.05, 0.1) is 12.3 Å². The van der Waals surface area contributed by atoms with Crippen molar-refractivity contribution < 1.29 is 33.3 Å². The van der Waals surface area contributed by atoms with Crippen LogP contribution in [0.2, 0.25) is 0 Å². The van der Waals surface area contributed by atoms with Gasteiger partial charge in [-0.15, -0.1) is 0 Å². The quantitative estimate of drug-likeness (QED) is 0.121. The molecule has 2 aromatic carbocycles. The maximum absolute atomic E-state index is 13.7. The predicted octanol–water partition coefficient (Wildman–Crippen LogP) is 5.21. The molecule has 9 nitrogen and oxygen atoms in total. The van der Waals surface area contributed by atoms with Crippen molar-refractivity contribution in [3.8, 4) is 11.5 Å². The van der Waals surface area contributed by atoms with Crippen LogP contribution < -0.4 is 14.9 Å². The summed E-state index contributed by atoms with van der Waals surface area (Å²) >= 11 is 0. The molecule has 0 fully saturated rings. The minimum absolute atomic E-state index is 0.00662. The summed E-state index contributed by atoms with van der Waals surface area (Å²) in [5, 5.41) is 17.0. The van der Waals surface area contributed by atoms with Gasteiger partial charge in [0, 0.05) is 24.2 Å². The van der Waals surface area contributed by atoms with Gasteiger partial charge in [0.1, 0.15) is 29.7 Å². The fraction of sp³-hybridized carbons (Fsp3) is 0.467. The zero-order valence-electron chi connectivity index (χ0n) is 24.2. The van der Waals surface area contributed by atoms with Crippen LogP contribution in [0.5, 0.6) is 11.5 Å². The Kier molecular flexibility index (Phi) is 11.0. The van der Waals surface area contributed by atoms with E-state index in [0.717, 1.165) is 34.2 Å². The third-order valence-electron chi connectivity index (χ3n) is 6.73. The molecule has 3 rings (SSSR count). The number of carbonyl (C=O) groups is 2. The van der Waals surface area contributed by atoms with E-state index in [9.17, 15) is 19.3 Å². The number of carbonyl (C=O) groups excluding carboxylic acids is 2. The van der Waals surface area contributed by atoms with Gasteiger partial charge in [-0.2, -0.15) is 0 Å². The Balaban J connectivity index is 1.64. The number of aromatic hydroxyl groups is 1. The first-order valence-corrected chi connectivity index (χ1v) is 15.5. The molecule has 0 spiro atoms. The van der Waals surface area contributed by atoms with Crippen molar-refractivity contribution >= 4 is 19.5 Å². The summed E-state index contributed by atoms with van der Waals surface area (Å²) in [4.78, 5) is 24.5. The van der Waals surface area contributed by atoms with Crippen LogP contribution in [0.25, 0.3) is 0 Å². The number of cyclic esters (lactones) is 1. The highest BCUT2D eigenvalue weighted by Gasteiger charge is 2.32. The highest BCUT2D eigenvalue weighted by Crippen LogP contribution is 2.43. The molecule has 0 amide bonds. The standard InChI is InChI=1S/C30H41N2O7P/c1-7-24-21(5)26-18-37-30(35)27(26)28(33)25(24)14-13-20(4)17-31-15-16-40(36,39-23-11-9-8-10-12-23)32-22(6)29(34)38-19(2)3/h8-13,19,22,31,33H,7,14-18H2,1-6H3,(H,32,36)/t22-,40?/m0/s1. The Bertz CT molecular complexity index is 1290. The number of esters is 2. The zero-order chi connectivity index (χ0) is 29.4. The van der Waals surface area contributed by atoms with E-state index in [2.05, 4.69) is 10.4 Å². The number of hydrogen-bond acceptors (Lipinski definition) is 8. The smallest absolute Gasteiger partial charge is 0.342 e. The minimum atomic E-state index is -3.46. The van der Waals surface area contributed by atoms with E-state index in [4.69, 9.17) is 14.0 Å². The summed E-state index contributed by atoms with van der Waals surface area (Å²) < 4.78 is 30.0. The number of fused-ring (bicyclic) bond motifs is 1. The monoisotopic (exact) mass is 572 g/mol. The summed E-state index contributed by atoms with van der Waals surface area (Å²) in [6.45, 7) is 12.2. The topological polar surface area (TPSA) is 123 Å². The van der Waals surface area contributed by atoms with E-state index in [-0.39, 0.29) is 30.2 Å². The molecule has 1 heterocycles. The van der Waals surface area contributed by atoms with Gasteiger partial charge in [0.2, 0.25) is 0 Å². The zero-order valence-corrected chi connectivity index (χ0v) is 25.1. The number of phenols is 1.